The Bertz CT molecular complexity index is 270. The Kier molecular flexibility index (Phi) is 2.45. The molecule has 0 bridgehead atoms. The lowest BCUT2D eigenvalue weighted by atomic mass is 10.1. The molecular formula is C8H9BrClN. The number of aryl methyl sites for hydroxylation is 1. The van der Waals surface area contributed by atoms with Gasteiger partial charge in [-0.15, -0.1) is 0 Å². The summed E-state index contributed by atoms with van der Waals surface area (Å²) in [5.74, 6) is 0. The predicted molar refractivity (Wildman–Crippen MR) is 53.0 cm³/mol. The second-order valence-electron chi connectivity index (χ2n) is 2.53. The number of anilines is 1. The molecule has 0 amide bonds. The Morgan fingerprint density at radius 3 is 2.55 bits per heavy atom. The van der Waals surface area contributed by atoms with E-state index in [1.165, 1.54) is 0 Å². The molecule has 1 nitrogen and oxygen atoms in total. The highest BCUT2D eigenvalue weighted by Gasteiger charge is 2.06. The Hall–Kier alpha value is -0.210. The number of nitrogen functional groups attached to an aromatic ring is 1. The minimum Gasteiger partial charge on any atom is -0.398 e. The molecule has 0 unspecified atom stereocenters. The normalized spacial score (nSPS) is 10.2. The highest BCUT2D eigenvalue weighted by Crippen LogP contribution is 2.31. The van der Waals surface area contributed by atoms with Gasteiger partial charge in [0.15, 0.2) is 0 Å². The second kappa shape index (κ2) is 3.03. The van der Waals surface area contributed by atoms with Crippen molar-refractivity contribution in [2.75, 3.05) is 5.73 Å². The molecule has 0 atom stereocenters. The largest absolute Gasteiger partial charge is 0.398 e. The minimum atomic E-state index is 0.723. The lowest BCUT2D eigenvalue weighted by Crippen LogP contribution is -1.93. The average molecular weight is 235 g/mol. The van der Waals surface area contributed by atoms with Gasteiger partial charge in [0.25, 0.3) is 0 Å². The summed E-state index contributed by atoms with van der Waals surface area (Å²) in [6, 6.07) is 1.92. The van der Waals surface area contributed by atoms with Crippen LogP contribution in [-0.2, 0) is 0 Å². The van der Waals surface area contributed by atoms with E-state index >= 15 is 0 Å². The van der Waals surface area contributed by atoms with Crippen LogP contribution in [0.2, 0.25) is 5.02 Å². The fourth-order valence-electron chi connectivity index (χ4n) is 0.924. The first kappa shape index (κ1) is 8.88. The first-order chi connectivity index (χ1) is 5.04. The average Bonchev–Trinajstić information content (AvgIpc) is 1.97. The molecule has 0 aliphatic heterocycles. The third-order valence-corrected chi connectivity index (χ3v) is 2.92. The Labute approximate surface area is 79.7 Å². The summed E-state index contributed by atoms with van der Waals surface area (Å²) >= 11 is 9.30. The third-order valence-electron chi connectivity index (χ3n) is 1.68. The van der Waals surface area contributed by atoms with Crippen molar-refractivity contribution in [2.45, 2.75) is 13.8 Å². The summed E-state index contributed by atoms with van der Waals surface area (Å²) in [6.45, 7) is 3.87. The van der Waals surface area contributed by atoms with Crippen LogP contribution in [0.5, 0.6) is 0 Å². The Morgan fingerprint density at radius 2 is 2.00 bits per heavy atom. The number of nitrogens with two attached hydrogens (primary N) is 1. The van der Waals surface area contributed by atoms with E-state index in [2.05, 4.69) is 15.9 Å². The smallest absolute Gasteiger partial charge is 0.0503 e. The molecule has 0 heterocycles. The zero-order chi connectivity index (χ0) is 8.59. The van der Waals surface area contributed by atoms with E-state index in [0.717, 1.165) is 26.3 Å². The highest BCUT2D eigenvalue weighted by atomic mass is 79.9. The molecule has 0 radical (unpaired) electrons. The van der Waals surface area contributed by atoms with E-state index in [1.807, 2.05) is 19.9 Å². The molecule has 0 spiro atoms. The van der Waals surface area contributed by atoms with Crippen LogP contribution in [0.1, 0.15) is 11.1 Å². The van der Waals surface area contributed by atoms with Crippen LogP contribution >= 0.6 is 27.5 Å². The van der Waals surface area contributed by atoms with Gasteiger partial charge >= 0.3 is 0 Å². The van der Waals surface area contributed by atoms with Crippen LogP contribution in [0, 0.1) is 13.8 Å². The maximum Gasteiger partial charge on any atom is 0.0503 e. The quantitative estimate of drug-likeness (QED) is 0.685. The molecule has 1 aromatic rings. The molecule has 0 fully saturated rings. The number of hydrogen-bond acceptors (Lipinski definition) is 1. The number of halogens is 2. The number of benzene rings is 1. The van der Waals surface area contributed by atoms with Crippen molar-refractivity contribution < 1.29 is 0 Å². The van der Waals surface area contributed by atoms with Gasteiger partial charge in [0, 0.05) is 9.50 Å². The standard InChI is InChI=1S/C8H9BrClN/c1-4-3-6(9)8(11)5(2)7(4)10/h3H,11H2,1-2H3. The molecule has 0 saturated carbocycles. The second-order valence-corrected chi connectivity index (χ2v) is 3.76. The van der Waals surface area contributed by atoms with Crippen molar-refractivity contribution >= 4 is 33.2 Å². The van der Waals surface area contributed by atoms with Gasteiger partial charge in [0.1, 0.15) is 0 Å². The molecule has 0 aliphatic rings. The van der Waals surface area contributed by atoms with E-state index in [0.29, 0.717) is 0 Å². The molecule has 0 aromatic heterocycles. The molecule has 3 heteroatoms. The SMILES string of the molecule is Cc1cc(Br)c(N)c(C)c1Cl. The molecule has 11 heavy (non-hydrogen) atoms. The van der Waals surface area contributed by atoms with Gasteiger partial charge in [-0.2, -0.15) is 0 Å². The summed E-state index contributed by atoms with van der Waals surface area (Å²) in [4.78, 5) is 0. The first-order valence-electron chi connectivity index (χ1n) is 3.24. The Morgan fingerprint density at radius 1 is 1.45 bits per heavy atom. The zero-order valence-electron chi connectivity index (χ0n) is 6.41. The van der Waals surface area contributed by atoms with Crippen LogP contribution in [0.3, 0.4) is 0 Å². The van der Waals surface area contributed by atoms with Crippen LogP contribution in [-0.4, -0.2) is 0 Å². The van der Waals surface area contributed by atoms with Gasteiger partial charge < -0.3 is 5.73 Å². The summed E-state index contributed by atoms with van der Waals surface area (Å²) in [6.07, 6.45) is 0. The zero-order valence-corrected chi connectivity index (χ0v) is 8.75. The lowest BCUT2D eigenvalue weighted by Gasteiger charge is -2.07. The van der Waals surface area contributed by atoms with E-state index in [1.54, 1.807) is 0 Å². The summed E-state index contributed by atoms with van der Waals surface area (Å²) in [5, 5.41) is 0.755. The van der Waals surface area contributed by atoms with Crippen molar-refractivity contribution in [1.29, 1.82) is 0 Å². The van der Waals surface area contributed by atoms with Gasteiger partial charge in [0.05, 0.1) is 5.69 Å². The van der Waals surface area contributed by atoms with Crippen LogP contribution in [0.25, 0.3) is 0 Å². The van der Waals surface area contributed by atoms with Gasteiger partial charge in [-0.1, -0.05) is 11.6 Å². The lowest BCUT2D eigenvalue weighted by molar-refractivity contribution is 1.37. The molecule has 0 saturated heterocycles. The maximum absolute atomic E-state index is 5.95. The van der Waals surface area contributed by atoms with Gasteiger partial charge in [-0.25, -0.2) is 0 Å². The summed E-state index contributed by atoms with van der Waals surface area (Å²) < 4.78 is 0.914. The van der Waals surface area contributed by atoms with E-state index in [-0.39, 0.29) is 0 Å². The van der Waals surface area contributed by atoms with Crippen LogP contribution in [0.15, 0.2) is 10.5 Å². The van der Waals surface area contributed by atoms with Gasteiger partial charge in [-0.3, -0.25) is 0 Å². The molecule has 2 N–H and O–H groups in total. The first-order valence-corrected chi connectivity index (χ1v) is 4.41. The van der Waals surface area contributed by atoms with Gasteiger partial charge in [0.2, 0.25) is 0 Å². The fraction of sp³-hybridized carbons (Fsp3) is 0.250. The molecular weight excluding hydrogens is 225 g/mol. The summed E-state index contributed by atoms with van der Waals surface area (Å²) in [7, 11) is 0. The van der Waals surface area contributed by atoms with Crippen LogP contribution < -0.4 is 5.73 Å². The summed E-state index contributed by atoms with van der Waals surface area (Å²) in [5.41, 5.74) is 8.43. The maximum atomic E-state index is 5.95. The van der Waals surface area contributed by atoms with Crippen LogP contribution in [0.4, 0.5) is 5.69 Å². The fourth-order valence-corrected chi connectivity index (χ4v) is 1.72. The van der Waals surface area contributed by atoms with E-state index in [4.69, 9.17) is 17.3 Å². The monoisotopic (exact) mass is 233 g/mol. The predicted octanol–water partition coefficient (Wildman–Crippen LogP) is 3.30. The van der Waals surface area contributed by atoms with E-state index < -0.39 is 0 Å². The molecule has 60 valence electrons. The topological polar surface area (TPSA) is 26.0 Å². The third kappa shape index (κ3) is 1.52. The number of hydrogen-bond donors (Lipinski definition) is 1. The molecule has 1 aromatic carbocycles. The molecule has 1 rings (SSSR count). The van der Waals surface area contributed by atoms with E-state index in [9.17, 15) is 0 Å². The van der Waals surface area contributed by atoms with Gasteiger partial charge in [-0.05, 0) is 47.0 Å². The number of rotatable bonds is 0. The van der Waals surface area contributed by atoms with Crippen molar-refractivity contribution in [3.8, 4) is 0 Å². The van der Waals surface area contributed by atoms with Crippen molar-refractivity contribution in [3.63, 3.8) is 0 Å². The Balaban J connectivity index is 3.46. The minimum absolute atomic E-state index is 0.723. The van der Waals surface area contributed by atoms with Crippen molar-refractivity contribution in [1.82, 2.24) is 0 Å². The van der Waals surface area contributed by atoms with Crippen molar-refractivity contribution in [2.24, 2.45) is 0 Å². The van der Waals surface area contributed by atoms with Crippen molar-refractivity contribution in [3.05, 3.63) is 26.7 Å². The molecule has 0 aliphatic carbocycles. The highest BCUT2D eigenvalue weighted by molar-refractivity contribution is 9.10.